The first-order valence-electron chi connectivity index (χ1n) is 11.6. The van der Waals surface area contributed by atoms with Crippen LogP contribution in [0.5, 0.6) is 0 Å². The summed E-state index contributed by atoms with van der Waals surface area (Å²) >= 11 is 0. The standard InChI is InChI=1S/C22H22.2C3H8.C2H6/c1-15-5-8-19(9-6-15)21-12-10-20(14-18(21)4)22-11-7-16(2)13-17(22)3;2*1-3-2;1-2/h5-14H,1-4H3;2*3H2,1-2H3;1-2H3. The highest BCUT2D eigenvalue weighted by molar-refractivity contribution is 5.75. The number of hydrogen-bond acceptors (Lipinski definition) is 0. The van der Waals surface area contributed by atoms with Gasteiger partial charge in [0, 0.05) is 0 Å². The molecule has 0 bridgehead atoms. The Balaban J connectivity index is 0.000000923. The van der Waals surface area contributed by atoms with Crippen LogP contribution in [0.3, 0.4) is 0 Å². The molecule has 0 unspecified atom stereocenters. The van der Waals surface area contributed by atoms with E-state index in [1.807, 2.05) is 13.8 Å². The number of aryl methyl sites for hydroxylation is 4. The Morgan fingerprint density at radius 3 is 1.30 bits per heavy atom. The second-order valence-electron chi connectivity index (χ2n) is 7.63. The van der Waals surface area contributed by atoms with E-state index in [0.29, 0.717) is 0 Å². The van der Waals surface area contributed by atoms with Gasteiger partial charge in [-0.15, -0.1) is 0 Å². The van der Waals surface area contributed by atoms with Crippen LogP contribution in [0.15, 0.2) is 60.7 Å². The average molecular weight is 405 g/mol. The van der Waals surface area contributed by atoms with Crippen LogP contribution < -0.4 is 0 Å². The summed E-state index contributed by atoms with van der Waals surface area (Å²) in [7, 11) is 0. The summed E-state index contributed by atoms with van der Waals surface area (Å²) in [5, 5.41) is 0. The van der Waals surface area contributed by atoms with Crippen molar-refractivity contribution in [1.82, 2.24) is 0 Å². The van der Waals surface area contributed by atoms with Crippen LogP contribution in [0.2, 0.25) is 0 Å². The smallest absolute Gasteiger partial charge is 0.0154 e. The Morgan fingerprint density at radius 2 is 0.833 bits per heavy atom. The largest absolute Gasteiger partial charge is 0.0683 e. The maximum absolute atomic E-state index is 2.30. The normalized spacial score (nSPS) is 9.27. The maximum Gasteiger partial charge on any atom is -0.0154 e. The van der Waals surface area contributed by atoms with Crippen molar-refractivity contribution in [3.05, 3.63) is 82.9 Å². The van der Waals surface area contributed by atoms with Crippen LogP contribution in [0.4, 0.5) is 0 Å². The number of rotatable bonds is 2. The van der Waals surface area contributed by atoms with Gasteiger partial charge < -0.3 is 0 Å². The van der Waals surface area contributed by atoms with Crippen LogP contribution in [0, 0.1) is 27.7 Å². The molecule has 0 atom stereocenters. The van der Waals surface area contributed by atoms with E-state index in [1.165, 1.54) is 57.3 Å². The molecular weight excluding hydrogens is 360 g/mol. The quantitative estimate of drug-likeness (QED) is 0.398. The van der Waals surface area contributed by atoms with E-state index < -0.39 is 0 Å². The minimum absolute atomic E-state index is 1.25. The van der Waals surface area contributed by atoms with Crippen molar-refractivity contribution in [3.8, 4) is 22.3 Å². The van der Waals surface area contributed by atoms with Crippen LogP contribution in [-0.4, -0.2) is 0 Å². The lowest BCUT2D eigenvalue weighted by Gasteiger charge is -2.12. The van der Waals surface area contributed by atoms with E-state index in [4.69, 9.17) is 0 Å². The van der Waals surface area contributed by atoms with Crippen molar-refractivity contribution in [1.29, 1.82) is 0 Å². The fourth-order valence-electron chi connectivity index (χ4n) is 3.03. The lowest BCUT2D eigenvalue weighted by Crippen LogP contribution is -1.88. The highest BCUT2D eigenvalue weighted by Gasteiger charge is 2.06. The third kappa shape index (κ3) is 8.99. The summed E-state index contributed by atoms with van der Waals surface area (Å²) in [6.45, 7) is 21.1. The summed E-state index contributed by atoms with van der Waals surface area (Å²) in [5.41, 5.74) is 10.5. The van der Waals surface area contributed by atoms with Gasteiger partial charge in [0.25, 0.3) is 0 Å². The first kappa shape index (κ1) is 27.7. The summed E-state index contributed by atoms with van der Waals surface area (Å²) in [5.74, 6) is 0. The van der Waals surface area contributed by atoms with Gasteiger partial charge in [-0.2, -0.15) is 0 Å². The fraction of sp³-hybridized carbons (Fsp3) is 0.400. The van der Waals surface area contributed by atoms with Crippen LogP contribution >= 0.6 is 0 Å². The fourth-order valence-corrected chi connectivity index (χ4v) is 3.03. The summed E-state index contributed by atoms with van der Waals surface area (Å²) in [6.07, 6.45) is 2.50. The SMILES string of the molecule is CC.CCC.CCC.Cc1ccc(-c2ccc(-c3ccc(C)cc3C)cc2C)cc1. The maximum atomic E-state index is 2.30. The minimum Gasteiger partial charge on any atom is -0.0683 e. The first-order chi connectivity index (χ1) is 14.4. The molecule has 0 heteroatoms. The molecule has 3 aromatic rings. The molecule has 0 radical (unpaired) electrons. The zero-order valence-corrected chi connectivity index (χ0v) is 21.2. The van der Waals surface area contributed by atoms with Crippen molar-refractivity contribution in [2.75, 3.05) is 0 Å². The molecule has 0 saturated carbocycles. The number of hydrogen-bond donors (Lipinski definition) is 0. The molecule has 0 N–H and O–H groups in total. The molecule has 0 nitrogen and oxygen atoms in total. The van der Waals surface area contributed by atoms with Crippen LogP contribution in [-0.2, 0) is 0 Å². The molecular formula is C30H44. The minimum atomic E-state index is 1.25. The van der Waals surface area contributed by atoms with Crippen LogP contribution in [0.1, 0.15) is 76.6 Å². The lowest BCUT2D eigenvalue weighted by atomic mass is 9.93. The summed E-state index contributed by atoms with van der Waals surface area (Å²) in [4.78, 5) is 0. The van der Waals surface area contributed by atoms with E-state index >= 15 is 0 Å². The highest BCUT2D eigenvalue weighted by atomic mass is 14.1. The molecule has 0 fully saturated rings. The van der Waals surface area contributed by atoms with Gasteiger partial charge >= 0.3 is 0 Å². The van der Waals surface area contributed by atoms with E-state index in [-0.39, 0.29) is 0 Å². The third-order valence-corrected chi connectivity index (χ3v) is 4.28. The Labute approximate surface area is 187 Å². The Morgan fingerprint density at radius 1 is 0.467 bits per heavy atom. The van der Waals surface area contributed by atoms with E-state index in [0.717, 1.165) is 0 Å². The van der Waals surface area contributed by atoms with Crippen molar-refractivity contribution in [3.63, 3.8) is 0 Å². The molecule has 0 spiro atoms. The monoisotopic (exact) mass is 404 g/mol. The molecule has 0 heterocycles. The van der Waals surface area contributed by atoms with Gasteiger partial charge in [0.05, 0.1) is 0 Å². The van der Waals surface area contributed by atoms with Gasteiger partial charge in [0.15, 0.2) is 0 Å². The van der Waals surface area contributed by atoms with Gasteiger partial charge in [0.2, 0.25) is 0 Å². The van der Waals surface area contributed by atoms with Crippen molar-refractivity contribution >= 4 is 0 Å². The van der Waals surface area contributed by atoms with Gasteiger partial charge in [-0.05, 0) is 61.1 Å². The lowest BCUT2D eigenvalue weighted by molar-refractivity contribution is 1.09. The summed E-state index contributed by atoms with van der Waals surface area (Å²) in [6, 6.07) is 22.2. The van der Waals surface area contributed by atoms with Crippen molar-refractivity contribution in [2.45, 2.75) is 82.1 Å². The predicted molar refractivity (Wildman–Crippen MR) is 140 cm³/mol. The van der Waals surface area contributed by atoms with E-state index in [1.54, 1.807) is 0 Å². The van der Waals surface area contributed by atoms with Crippen molar-refractivity contribution in [2.24, 2.45) is 0 Å². The second kappa shape index (κ2) is 15.5. The Hall–Kier alpha value is -2.34. The topological polar surface area (TPSA) is 0 Å². The zero-order valence-electron chi connectivity index (χ0n) is 21.2. The third-order valence-electron chi connectivity index (χ3n) is 4.28. The first-order valence-corrected chi connectivity index (χ1v) is 11.6. The second-order valence-corrected chi connectivity index (χ2v) is 7.63. The zero-order chi connectivity index (χ0) is 23.1. The van der Waals surface area contributed by atoms with E-state index in [9.17, 15) is 0 Å². The molecule has 164 valence electrons. The van der Waals surface area contributed by atoms with Gasteiger partial charge in [-0.25, -0.2) is 0 Å². The number of benzene rings is 3. The average Bonchev–Trinajstić information content (AvgIpc) is 2.72. The predicted octanol–water partition coefficient (Wildman–Crippen LogP) is 10.1. The van der Waals surface area contributed by atoms with Gasteiger partial charge in [-0.3, -0.25) is 0 Å². The highest BCUT2D eigenvalue weighted by Crippen LogP contribution is 2.30. The van der Waals surface area contributed by atoms with Gasteiger partial charge in [-0.1, -0.05) is 126 Å². The van der Waals surface area contributed by atoms with E-state index in [2.05, 4.69) is 116 Å². The summed E-state index contributed by atoms with van der Waals surface area (Å²) < 4.78 is 0. The molecule has 0 aliphatic heterocycles. The molecule has 0 aromatic heterocycles. The Kier molecular flexibility index (Phi) is 14.3. The molecule has 30 heavy (non-hydrogen) atoms. The molecule has 0 amide bonds. The van der Waals surface area contributed by atoms with Crippen molar-refractivity contribution < 1.29 is 0 Å². The Bertz CT molecular complexity index is 836. The molecule has 0 aliphatic carbocycles. The molecule has 0 saturated heterocycles. The van der Waals surface area contributed by atoms with Gasteiger partial charge in [0.1, 0.15) is 0 Å². The van der Waals surface area contributed by atoms with Crippen LogP contribution in [0.25, 0.3) is 22.3 Å². The molecule has 3 aromatic carbocycles. The molecule has 0 aliphatic rings. The molecule has 3 rings (SSSR count).